The minimum absolute atomic E-state index is 0.368. The number of aromatic nitrogens is 1. The Hall–Kier alpha value is -1.74. The van der Waals surface area contributed by atoms with E-state index in [0.29, 0.717) is 17.4 Å². The first-order valence-electron chi connectivity index (χ1n) is 5.14. The van der Waals surface area contributed by atoms with E-state index in [-0.39, 0.29) is 0 Å². The van der Waals surface area contributed by atoms with Gasteiger partial charge in [-0.3, -0.25) is 4.98 Å². The summed E-state index contributed by atoms with van der Waals surface area (Å²) in [6.45, 7) is 0. The summed E-state index contributed by atoms with van der Waals surface area (Å²) in [4.78, 5) is 4.00. The summed E-state index contributed by atoms with van der Waals surface area (Å²) in [6, 6.07) is 9.20. The second-order valence-corrected chi connectivity index (χ2v) is 3.67. The summed E-state index contributed by atoms with van der Waals surface area (Å²) >= 11 is 5.81. The van der Waals surface area contributed by atoms with E-state index in [9.17, 15) is 0 Å². The fourth-order valence-electron chi connectivity index (χ4n) is 1.41. The van der Waals surface area contributed by atoms with Crippen LogP contribution >= 0.6 is 11.6 Å². The van der Waals surface area contributed by atoms with Crippen LogP contribution in [0.5, 0.6) is 17.2 Å². The summed E-state index contributed by atoms with van der Waals surface area (Å²) < 4.78 is 10.9. The minimum Gasteiger partial charge on any atom is -0.497 e. The van der Waals surface area contributed by atoms with Gasteiger partial charge in [0.1, 0.15) is 17.2 Å². The lowest BCUT2D eigenvalue weighted by molar-refractivity contribution is 0.408. The summed E-state index contributed by atoms with van der Waals surface area (Å²) in [7, 11) is 1.62. The average molecular weight is 250 g/mol. The molecule has 0 fully saturated rings. The lowest BCUT2D eigenvalue weighted by atomic mass is 10.3. The molecule has 0 aliphatic heterocycles. The van der Waals surface area contributed by atoms with E-state index in [2.05, 4.69) is 4.98 Å². The van der Waals surface area contributed by atoms with Crippen molar-refractivity contribution in [1.29, 1.82) is 0 Å². The van der Waals surface area contributed by atoms with E-state index in [1.165, 1.54) is 0 Å². The number of hydrogen-bond donors (Lipinski definition) is 0. The minimum atomic E-state index is 0.368. The summed E-state index contributed by atoms with van der Waals surface area (Å²) in [5.74, 6) is 2.54. The first kappa shape index (κ1) is 11.7. The predicted molar refractivity (Wildman–Crippen MR) is 66.9 cm³/mol. The van der Waals surface area contributed by atoms with Crippen LogP contribution in [-0.4, -0.2) is 12.1 Å². The molecule has 0 bridgehead atoms. The molecule has 0 radical (unpaired) electrons. The molecule has 0 atom stereocenters. The Labute approximate surface area is 105 Å². The topological polar surface area (TPSA) is 31.4 Å². The third-order valence-corrected chi connectivity index (χ3v) is 2.56. The van der Waals surface area contributed by atoms with Crippen molar-refractivity contribution < 1.29 is 9.47 Å². The van der Waals surface area contributed by atoms with Crippen LogP contribution < -0.4 is 9.47 Å². The molecule has 0 saturated heterocycles. The van der Waals surface area contributed by atoms with Gasteiger partial charge in [-0.15, -0.1) is 11.6 Å². The average Bonchev–Trinajstić information content (AvgIpc) is 2.39. The highest BCUT2D eigenvalue weighted by atomic mass is 35.5. The van der Waals surface area contributed by atoms with Gasteiger partial charge in [0.25, 0.3) is 0 Å². The Balaban J connectivity index is 2.24. The van der Waals surface area contributed by atoms with Crippen molar-refractivity contribution in [1.82, 2.24) is 4.98 Å². The molecule has 4 heteroatoms. The maximum Gasteiger partial charge on any atom is 0.134 e. The van der Waals surface area contributed by atoms with Crippen molar-refractivity contribution in [3.8, 4) is 17.2 Å². The first-order valence-corrected chi connectivity index (χ1v) is 5.67. The van der Waals surface area contributed by atoms with Gasteiger partial charge >= 0.3 is 0 Å². The fraction of sp³-hybridized carbons (Fsp3) is 0.154. The Morgan fingerprint density at radius 2 is 2.06 bits per heavy atom. The Morgan fingerprint density at radius 3 is 2.82 bits per heavy atom. The number of rotatable bonds is 4. The van der Waals surface area contributed by atoms with E-state index in [0.717, 1.165) is 11.3 Å². The zero-order valence-electron chi connectivity index (χ0n) is 9.39. The Bertz CT molecular complexity index is 502. The van der Waals surface area contributed by atoms with Crippen molar-refractivity contribution in [3.05, 3.63) is 48.3 Å². The summed E-state index contributed by atoms with van der Waals surface area (Å²) in [6.07, 6.45) is 3.37. The lowest BCUT2D eigenvalue weighted by Gasteiger charge is -2.09. The fourth-order valence-corrected chi connectivity index (χ4v) is 1.61. The number of alkyl halides is 1. The Kier molecular flexibility index (Phi) is 3.83. The molecule has 0 saturated carbocycles. The van der Waals surface area contributed by atoms with Gasteiger partial charge in [-0.05, 0) is 18.2 Å². The highest BCUT2D eigenvalue weighted by molar-refractivity contribution is 6.17. The zero-order valence-corrected chi connectivity index (χ0v) is 10.1. The van der Waals surface area contributed by atoms with Gasteiger partial charge in [0.05, 0.1) is 13.0 Å². The van der Waals surface area contributed by atoms with Gasteiger partial charge in [-0.25, -0.2) is 0 Å². The largest absolute Gasteiger partial charge is 0.497 e. The van der Waals surface area contributed by atoms with Gasteiger partial charge in [0.2, 0.25) is 0 Å². The second kappa shape index (κ2) is 5.55. The van der Waals surface area contributed by atoms with Gasteiger partial charge in [-0.2, -0.15) is 0 Å². The van der Waals surface area contributed by atoms with Gasteiger partial charge < -0.3 is 9.47 Å². The predicted octanol–water partition coefficient (Wildman–Crippen LogP) is 3.62. The number of pyridine rings is 1. The van der Waals surface area contributed by atoms with E-state index in [4.69, 9.17) is 21.1 Å². The van der Waals surface area contributed by atoms with Crippen LogP contribution in [0, 0.1) is 0 Å². The van der Waals surface area contributed by atoms with Gasteiger partial charge in [0.15, 0.2) is 0 Å². The van der Waals surface area contributed by atoms with Crippen molar-refractivity contribution in [2.45, 2.75) is 5.88 Å². The van der Waals surface area contributed by atoms with Crippen LogP contribution in [0.3, 0.4) is 0 Å². The second-order valence-electron chi connectivity index (χ2n) is 3.40. The molecular weight excluding hydrogens is 238 g/mol. The molecule has 17 heavy (non-hydrogen) atoms. The molecular formula is C13H12ClNO2. The third kappa shape index (κ3) is 2.88. The number of ether oxygens (including phenoxy) is 2. The van der Waals surface area contributed by atoms with E-state index in [1.54, 1.807) is 25.6 Å². The molecule has 88 valence electrons. The molecule has 2 rings (SSSR count). The molecule has 1 heterocycles. The van der Waals surface area contributed by atoms with Crippen molar-refractivity contribution in [3.63, 3.8) is 0 Å². The van der Waals surface area contributed by atoms with Crippen LogP contribution in [0.25, 0.3) is 0 Å². The smallest absolute Gasteiger partial charge is 0.134 e. The quantitative estimate of drug-likeness (QED) is 0.776. The van der Waals surface area contributed by atoms with E-state index >= 15 is 0 Å². The summed E-state index contributed by atoms with van der Waals surface area (Å²) in [5.41, 5.74) is 0.858. The number of benzene rings is 1. The number of methoxy groups -OCH3 is 1. The SMILES string of the molecule is COc1cccc(Oc2ccncc2CCl)c1. The van der Waals surface area contributed by atoms with E-state index in [1.807, 2.05) is 24.3 Å². The van der Waals surface area contributed by atoms with Crippen molar-refractivity contribution >= 4 is 11.6 Å². The maximum absolute atomic E-state index is 5.81. The molecule has 0 aliphatic carbocycles. The molecule has 0 amide bonds. The van der Waals surface area contributed by atoms with E-state index < -0.39 is 0 Å². The zero-order chi connectivity index (χ0) is 12.1. The standard InChI is InChI=1S/C13H12ClNO2/c1-16-11-3-2-4-12(7-11)17-13-5-6-15-9-10(13)8-14/h2-7,9H,8H2,1H3. The maximum atomic E-state index is 5.81. The highest BCUT2D eigenvalue weighted by Gasteiger charge is 2.04. The number of hydrogen-bond acceptors (Lipinski definition) is 3. The third-order valence-electron chi connectivity index (χ3n) is 2.27. The molecule has 0 N–H and O–H groups in total. The van der Waals surface area contributed by atoms with Crippen LogP contribution in [0.2, 0.25) is 0 Å². The normalized spacial score (nSPS) is 10.0. The van der Waals surface area contributed by atoms with Crippen LogP contribution in [-0.2, 0) is 5.88 Å². The molecule has 1 aromatic carbocycles. The molecule has 2 aromatic rings. The summed E-state index contributed by atoms with van der Waals surface area (Å²) in [5, 5.41) is 0. The van der Waals surface area contributed by atoms with Crippen molar-refractivity contribution in [2.75, 3.05) is 7.11 Å². The van der Waals surface area contributed by atoms with Crippen molar-refractivity contribution in [2.24, 2.45) is 0 Å². The van der Waals surface area contributed by atoms with Crippen LogP contribution in [0.1, 0.15) is 5.56 Å². The lowest BCUT2D eigenvalue weighted by Crippen LogP contribution is -1.91. The molecule has 0 unspecified atom stereocenters. The van der Waals surface area contributed by atoms with Gasteiger partial charge in [0, 0.05) is 24.0 Å². The Morgan fingerprint density at radius 1 is 1.24 bits per heavy atom. The highest BCUT2D eigenvalue weighted by Crippen LogP contribution is 2.27. The molecule has 0 aliphatic rings. The number of nitrogens with zero attached hydrogens (tertiary/aromatic N) is 1. The number of halogens is 1. The van der Waals surface area contributed by atoms with Crippen LogP contribution in [0.15, 0.2) is 42.7 Å². The molecule has 1 aromatic heterocycles. The van der Waals surface area contributed by atoms with Crippen LogP contribution in [0.4, 0.5) is 0 Å². The molecule has 3 nitrogen and oxygen atoms in total. The first-order chi connectivity index (χ1) is 8.33. The monoisotopic (exact) mass is 249 g/mol. The van der Waals surface area contributed by atoms with Gasteiger partial charge in [-0.1, -0.05) is 6.07 Å². The molecule has 0 spiro atoms.